The van der Waals surface area contributed by atoms with Gasteiger partial charge in [0.15, 0.2) is 5.04 Å². The van der Waals surface area contributed by atoms with Gasteiger partial charge in [-0.1, -0.05) is 104 Å². The number of thioether (sulfide) groups is 3. The fourth-order valence-corrected chi connectivity index (χ4v) is 9.57. The molecule has 0 unspecified atom stereocenters. The van der Waals surface area contributed by atoms with Crippen molar-refractivity contribution in [1.29, 1.82) is 0 Å². The van der Waals surface area contributed by atoms with Crippen molar-refractivity contribution in [2.75, 3.05) is 24.7 Å². The number of aryl methyl sites for hydroxylation is 4. The average molecular weight is 957 g/mol. The van der Waals surface area contributed by atoms with Gasteiger partial charge in [0.05, 0.1) is 18.9 Å². The Hall–Kier alpha value is -4.70. The predicted molar refractivity (Wildman–Crippen MR) is 246 cm³/mol. The number of rotatable bonds is 11. The first-order valence-corrected chi connectivity index (χ1v) is 25.8. The van der Waals surface area contributed by atoms with Gasteiger partial charge in [-0.25, -0.2) is 0 Å². The molecule has 0 N–H and O–H groups in total. The van der Waals surface area contributed by atoms with Crippen molar-refractivity contribution in [1.82, 2.24) is 4.98 Å². The maximum absolute atomic E-state index is 12.5. The highest BCUT2D eigenvalue weighted by Crippen LogP contribution is 2.25. The van der Waals surface area contributed by atoms with E-state index >= 15 is 0 Å². The van der Waals surface area contributed by atoms with Crippen LogP contribution in [-0.2, 0) is 47.9 Å². The molecule has 0 bridgehead atoms. The normalized spacial score (nSPS) is 15.8. The zero-order valence-corrected chi connectivity index (χ0v) is 39.0. The van der Waals surface area contributed by atoms with Crippen molar-refractivity contribution in [3.8, 4) is 0 Å². The van der Waals surface area contributed by atoms with Gasteiger partial charge in [-0.2, -0.15) is 25.3 Å². The Morgan fingerprint density at radius 2 is 0.968 bits per heavy atom. The molecule has 4 aromatic carbocycles. The smallest absolute Gasteiger partial charge is 0.358 e. The van der Waals surface area contributed by atoms with Gasteiger partial charge < -0.3 is 4.74 Å². The molecule has 0 radical (unpaired) electrons. The van der Waals surface area contributed by atoms with E-state index in [1.807, 2.05) is 58.0 Å². The third-order valence-electron chi connectivity index (χ3n) is 8.29. The van der Waals surface area contributed by atoms with Crippen LogP contribution in [0.4, 0.5) is 0 Å². The maximum atomic E-state index is 12.5. The lowest BCUT2D eigenvalue weighted by atomic mass is 10.2. The van der Waals surface area contributed by atoms with Crippen molar-refractivity contribution < 1.29 is 42.8 Å². The summed E-state index contributed by atoms with van der Waals surface area (Å²) in [5.41, 5.74) is 4.47. The summed E-state index contributed by atoms with van der Waals surface area (Å²) in [5.74, 6) is 1.12. The lowest BCUT2D eigenvalue weighted by Gasteiger charge is -2.08. The van der Waals surface area contributed by atoms with Gasteiger partial charge in [-0.05, 0) is 88.4 Å². The number of benzene rings is 4. The number of nitrogens with zero attached hydrogens (tertiary/aromatic N) is 4. The van der Waals surface area contributed by atoms with Crippen LogP contribution in [0.1, 0.15) is 40.8 Å². The van der Waals surface area contributed by atoms with Gasteiger partial charge in [-0.15, -0.1) is 23.5 Å². The number of hydrogen-bond acceptors (Lipinski definition) is 17. The molecule has 1 fully saturated rings. The Bertz CT molecular complexity index is 2560. The van der Waals surface area contributed by atoms with E-state index in [4.69, 9.17) is 17.6 Å². The highest BCUT2D eigenvalue weighted by molar-refractivity contribution is 8.14. The highest BCUT2D eigenvalue weighted by atomic mass is 32.2. The molecule has 5 aromatic rings. The summed E-state index contributed by atoms with van der Waals surface area (Å²) in [4.78, 5) is 5.22. The van der Waals surface area contributed by atoms with E-state index in [1.54, 1.807) is 54.7 Å². The van der Waals surface area contributed by atoms with E-state index < -0.39 is 30.4 Å². The van der Waals surface area contributed by atoms with E-state index in [-0.39, 0.29) is 27.5 Å². The second-order valence-electron chi connectivity index (χ2n) is 13.3. The van der Waals surface area contributed by atoms with E-state index in [9.17, 15) is 25.3 Å². The third-order valence-corrected chi connectivity index (χ3v) is 14.6. The number of ether oxygens (including phenoxy) is 1. The zero-order chi connectivity index (χ0) is 44.6. The fourth-order valence-electron chi connectivity index (χ4n) is 4.87. The zero-order valence-electron chi connectivity index (χ0n) is 34.1. The Morgan fingerprint density at radius 3 is 1.37 bits per heavy atom. The third kappa shape index (κ3) is 15.6. The summed E-state index contributed by atoms with van der Waals surface area (Å²) < 4.78 is 95.1. The van der Waals surface area contributed by atoms with Crippen LogP contribution >= 0.6 is 35.3 Å². The molecule has 20 heteroatoms. The monoisotopic (exact) mass is 956 g/mol. The molecule has 1 aromatic heterocycles. The second-order valence-corrected chi connectivity index (χ2v) is 21.3. The second kappa shape index (κ2) is 23.1. The van der Waals surface area contributed by atoms with Crippen molar-refractivity contribution >= 4 is 80.8 Å². The molecular weight excluding hydrogens is 913 g/mol. The van der Waals surface area contributed by atoms with Crippen LogP contribution in [-0.4, -0.2) is 70.1 Å². The summed E-state index contributed by atoms with van der Waals surface area (Å²) in [6.07, 6.45) is 2.19. The van der Waals surface area contributed by atoms with Crippen LogP contribution in [0.5, 0.6) is 0 Å². The quantitative estimate of drug-likeness (QED) is 0.0528. The minimum Gasteiger partial charge on any atom is -0.380 e. The fraction of sp³-hybridized carbons (Fsp3) is 0.238. The molecule has 1 aliphatic rings. The topological polar surface area (TPSA) is 189 Å². The molecule has 1 saturated heterocycles. The van der Waals surface area contributed by atoms with Gasteiger partial charge in [-0.3, -0.25) is 17.8 Å². The average Bonchev–Trinajstić information content (AvgIpc) is 3.31. The van der Waals surface area contributed by atoms with Crippen molar-refractivity contribution in [2.24, 2.45) is 15.5 Å². The summed E-state index contributed by atoms with van der Waals surface area (Å²) in [7, 11) is -12.1. The Labute approximate surface area is 375 Å². The number of pyridine rings is 1. The Kier molecular flexibility index (Phi) is 18.0. The van der Waals surface area contributed by atoms with Gasteiger partial charge >= 0.3 is 30.4 Å². The summed E-state index contributed by atoms with van der Waals surface area (Å²) in [6.45, 7) is 8.48. The molecule has 2 heterocycles. The van der Waals surface area contributed by atoms with Crippen LogP contribution < -0.4 is 0 Å². The first-order chi connectivity index (χ1) is 29.6. The molecule has 14 nitrogen and oxygen atoms in total. The van der Waals surface area contributed by atoms with Crippen LogP contribution in [0.25, 0.3) is 0 Å². The molecule has 0 saturated carbocycles. The Balaban J connectivity index is 0.000000242. The van der Waals surface area contributed by atoms with Gasteiger partial charge in [0, 0.05) is 35.4 Å². The van der Waals surface area contributed by atoms with Crippen molar-refractivity contribution in [2.45, 2.75) is 60.1 Å². The number of hydrogen-bond donors (Lipinski definition) is 0. The van der Waals surface area contributed by atoms with Crippen LogP contribution in [0, 0.1) is 27.7 Å². The minimum absolute atomic E-state index is 0.00460. The van der Waals surface area contributed by atoms with Crippen LogP contribution in [0.2, 0.25) is 0 Å². The van der Waals surface area contributed by atoms with Gasteiger partial charge in [0.2, 0.25) is 0 Å². The first kappa shape index (κ1) is 48.3. The molecule has 0 aliphatic carbocycles. The molecule has 0 spiro atoms. The van der Waals surface area contributed by atoms with E-state index in [0.717, 1.165) is 27.1 Å². The molecule has 0 atom stereocenters. The molecule has 0 amide bonds. The number of oxime groups is 3. The van der Waals surface area contributed by atoms with Crippen LogP contribution in [0.15, 0.2) is 157 Å². The Morgan fingerprint density at radius 1 is 0.565 bits per heavy atom. The van der Waals surface area contributed by atoms with Gasteiger partial charge in [0.1, 0.15) is 24.8 Å². The lowest BCUT2D eigenvalue weighted by molar-refractivity contribution is 0.167. The maximum Gasteiger partial charge on any atom is 0.358 e. The van der Waals surface area contributed by atoms with Crippen molar-refractivity contribution in [3.63, 3.8) is 0 Å². The molecule has 1 aliphatic heterocycles. The van der Waals surface area contributed by atoms with Crippen molar-refractivity contribution in [3.05, 3.63) is 149 Å². The van der Waals surface area contributed by atoms with E-state index in [2.05, 4.69) is 20.5 Å². The van der Waals surface area contributed by atoms with Gasteiger partial charge in [0.25, 0.3) is 0 Å². The largest absolute Gasteiger partial charge is 0.380 e. The molecule has 328 valence electrons. The standard InChI is InChI=1S/C22H26N2O7S4.C20H18N2O3S2/c1-17-3-7-19(8-4-17)34(25,26)30-23-21-11-12-22(33-16-14-29-13-15-32-21)24-31-35(27,28)20-9-5-18(2)6-10-20;1-15-6-10-17(11-7-15)26-20(19-5-3-4-14-21-19)22-25-27(23,24)18-12-8-16(2)9-13-18/h3-10H,11-16H2,1-2H3;3-14H,1-2H3/b;22-20-. The SMILES string of the molecule is Cc1ccc(S(=O)(=O)ON=C2CCC(=NOS(=O)(=O)c3ccc(C)cc3)SCCOCCS2)cc1.Cc1ccc(S/C(=N\OS(=O)(=O)c2ccc(C)cc2)c2ccccn2)cc1. The van der Waals surface area contributed by atoms with E-state index in [0.29, 0.717) is 45.5 Å². The minimum atomic E-state index is -4.07. The summed E-state index contributed by atoms with van der Waals surface area (Å²) >= 11 is 3.89. The van der Waals surface area contributed by atoms with Crippen LogP contribution in [0.3, 0.4) is 0 Å². The molecule has 62 heavy (non-hydrogen) atoms. The molecular formula is C42H44N4O10S6. The number of aromatic nitrogens is 1. The molecule has 6 rings (SSSR count). The lowest BCUT2D eigenvalue weighted by Crippen LogP contribution is -2.08. The summed E-state index contributed by atoms with van der Waals surface area (Å²) in [5, 5.41) is 12.8. The predicted octanol–water partition coefficient (Wildman–Crippen LogP) is 8.88. The van der Waals surface area contributed by atoms with E-state index in [1.165, 1.54) is 71.7 Å². The summed E-state index contributed by atoms with van der Waals surface area (Å²) in [6, 6.07) is 32.1. The highest BCUT2D eigenvalue weighted by Gasteiger charge is 2.20. The first-order valence-electron chi connectivity index (χ1n) is 18.8.